The average Bonchev–Trinajstić information content (AvgIpc) is 3.65. The van der Waals surface area contributed by atoms with E-state index in [1.807, 2.05) is 55.7 Å². The zero-order valence-corrected chi connectivity index (χ0v) is 26.4. The molecule has 0 aliphatic carbocycles. The molecule has 2 unspecified atom stereocenters. The zero-order valence-electron chi connectivity index (χ0n) is 25.6. The molecule has 2 aliphatic heterocycles. The summed E-state index contributed by atoms with van der Waals surface area (Å²) in [7, 11) is -3.57. The number of imidazole rings is 1. The van der Waals surface area contributed by atoms with Gasteiger partial charge in [0.15, 0.2) is 15.5 Å². The molecule has 0 radical (unpaired) electrons. The van der Waals surface area contributed by atoms with E-state index < -0.39 is 9.84 Å². The van der Waals surface area contributed by atoms with Gasteiger partial charge in [0.2, 0.25) is 0 Å². The Morgan fingerprint density at radius 2 is 1.82 bits per heavy atom. The third-order valence-electron chi connectivity index (χ3n) is 8.35. The van der Waals surface area contributed by atoms with Crippen LogP contribution in [-0.2, 0) is 25.7 Å². The highest BCUT2D eigenvalue weighted by Crippen LogP contribution is 2.37. The van der Waals surface area contributed by atoms with Crippen LogP contribution in [0.25, 0.3) is 16.0 Å². The van der Waals surface area contributed by atoms with Crippen molar-refractivity contribution in [3.05, 3.63) is 76.2 Å². The van der Waals surface area contributed by atoms with Crippen LogP contribution < -0.4 is 5.32 Å². The van der Waals surface area contributed by atoms with Crippen LogP contribution in [0.5, 0.6) is 0 Å². The fourth-order valence-electron chi connectivity index (χ4n) is 6.14. The molecule has 2 aliphatic rings. The normalized spacial score (nSPS) is 19.0. The largest absolute Gasteiger partial charge is 0.374 e. The van der Waals surface area contributed by atoms with Gasteiger partial charge in [0.25, 0.3) is 5.82 Å². The van der Waals surface area contributed by atoms with E-state index in [4.69, 9.17) is 26.0 Å². The summed E-state index contributed by atoms with van der Waals surface area (Å²) in [4.78, 5) is 18.5. The molecule has 2 atom stereocenters. The van der Waals surface area contributed by atoms with E-state index in [2.05, 4.69) is 15.1 Å². The molecule has 1 N–H and O–H groups in total. The van der Waals surface area contributed by atoms with E-state index in [9.17, 15) is 8.42 Å². The molecule has 10 nitrogen and oxygen atoms in total. The lowest BCUT2D eigenvalue weighted by Crippen LogP contribution is -2.19. The number of nitrogens with one attached hydrogen (secondary N) is 1. The van der Waals surface area contributed by atoms with Crippen molar-refractivity contribution in [1.82, 2.24) is 19.5 Å². The first-order chi connectivity index (χ1) is 21.1. The maximum Gasteiger partial charge on any atom is 0.273 e. The molecule has 0 bridgehead atoms. The Balaban J connectivity index is 1.46. The summed E-state index contributed by atoms with van der Waals surface area (Å²) in [6.07, 6.45) is 6.07. The first-order valence-corrected chi connectivity index (χ1v) is 17.1. The fourth-order valence-corrected chi connectivity index (χ4v) is 7.01. The summed E-state index contributed by atoms with van der Waals surface area (Å²) in [5.74, 6) is 1.36. The van der Waals surface area contributed by atoms with Crippen LogP contribution in [0.4, 0.5) is 17.2 Å². The first-order valence-electron chi connectivity index (χ1n) is 15.2. The molecule has 11 heteroatoms. The smallest absolute Gasteiger partial charge is 0.273 e. The quantitative estimate of drug-likeness (QED) is 0.209. The van der Waals surface area contributed by atoms with Crippen LogP contribution in [0, 0.1) is 13.5 Å². The molecule has 0 spiro atoms. The topological polar surface area (TPSA) is 113 Å². The summed E-state index contributed by atoms with van der Waals surface area (Å²) in [6.45, 7) is 15.1. The number of aryl methyl sites for hydroxylation is 1. The molecule has 5 heterocycles. The van der Waals surface area contributed by atoms with E-state index >= 15 is 0 Å². The van der Waals surface area contributed by atoms with Crippen molar-refractivity contribution < 1.29 is 17.9 Å². The van der Waals surface area contributed by atoms with Crippen molar-refractivity contribution in [2.45, 2.75) is 82.4 Å². The van der Waals surface area contributed by atoms with Gasteiger partial charge in [0, 0.05) is 19.5 Å². The van der Waals surface area contributed by atoms with Crippen molar-refractivity contribution in [1.29, 1.82) is 0 Å². The first kappa shape index (κ1) is 30.2. The van der Waals surface area contributed by atoms with E-state index in [1.165, 1.54) is 6.26 Å². The number of pyridine rings is 2. The molecule has 3 aromatic heterocycles. The van der Waals surface area contributed by atoms with E-state index in [-0.39, 0.29) is 23.1 Å². The lowest BCUT2D eigenvalue weighted by Gasteiger charge is -2.25. The summed E-state index contributed by atoms with van der Waals surface area (Å²) >= 11 is 0. The number of rotatable bonds is 8. The highest BCUT2D eigenvalue weighted by atomic mass is 32.2. The number of sulfone groups is 1. The Labute approximate surface area is 258 Å². The predicted octanol–water partition coefficient (Wildman–Crippen LogP) is 7.10. The summed E-state index contributed by atoms with van der Waals surface area (Å²) in [5, 5.41) is 3.41. The molecular weight excluding hydrogens is 576 g/mol. The number of benzene rings is 1. The second kappa shape index (κ2) is 12.3. The van der Waals surface area contributed by atoms with Crippen LogP contribution in [-0.4, -0.2) is 47.4 Å². The number of nitrogens with zero attached hydrogens (tertiary/aromatic N) is 5. The molecule has 2 fully saturated rings. The number of fused-ring (bicyclic) bond motifs is 1. The fraction of sp³-hybridized carbons (Fsp3) is 0.455. The predicted molar refractivity (Wildman–Crippen MR) is 169 cm³/mol. The van der Waals surface area contributed by atoms with Crippen LogP contribution >= 0.6 is 0 Å². The second-order valence-corrected chi connectivity index (χ2v) is 14.0. The number of hydrogen-bond donors (Lipinski definition) is 1. The Hall–Kier alpha value is -3.85. The maximum atomic E-state index is 13.0. The lowest BCUT2D eigenvalue weighted by atomic mass is 10.0. The monoisotopic (exact) mass is 614 g/mol. The third kappa shape index (κ3) is 6.07. The molecular formula is C33H38N6O4S. The Morgan fingerprint density at radius 3 is 2.50 bits per heavy atom. The highest BCUT2D eigenvalue weighted by molar-refractivity contribution is 7.90. The molecule has 6 rings (SSSR count). The van der Waals surface area contributed by atoms with Crippen LogP contribution in [0.2, 0.25) is 0 Å². The van der Waals surface area contributed by atoms with Gasteiger partial charge in [-0.2, -0.15) is 0 Å². The number of ether oxygens (including phenoxy) is 2. The standard InChI is InChI=1S/C33H38N6O4S/c1-20(2)25-13-12-23(36-32(25)34-4)18-24-19-27(31-33(37-24)39(21(3)35-31)30-10-6-7-15-43-30)38-26-14-11-22(28-9-8-16-42-28)17-29(26)44(5,40)41/h11-14,17,19-20,28,30H,6-10,15-16,18H2,1-3,5H3,(H,37,38). The molecule has 1 aromatic carbocycles. The van der Waals surface area contributed by atoms with Crippen molar-refractivity contribution in [2.24, 2.45) is 0 Å². The molecule has 2 saturated heterocycles. The molecule has 230 valence electrons. The van der Waals surface area contributed by atoms with E-state index in [0.717, 1.165) is 60.4 Å². The van der Waals surface area contributed by atoms with E-state index in [0.29, 0.717) is 48.0 Å². The van der Waals surface area contributed by atoms with Gasteiger partial charge in [-0.3, -0.25) is 4.57 Å². The number of hydrogen-bond acceptors (Lipinski definition) is 8. The van der Waals surface area contributed by atoms with E-state index in [1.54, 1.807) is 6.07 Å². The van der Waals surface area contributed by atoms with Crippen molar-refractivity contribution in [3.63, 3.8) is 0 Å². The van der Waals surface area contributed by atoms with Crippen LogP contribution in [0.1, 0.15) is 92.5 Å². The van der Waals surface area contributed by atoms with Crippen molar-refractivity contribution in [3.8, 4) is 0 Å². The van der Waals surface area contributed by atoms with Crippen molar-refractivity contribution in [2.75, 3.05) is 24.8 Å². The van der Waals surface area contributed by atoms with Gasteiger partial charge in [0.05, 0.1) is 34.5 Å². The van der Waals surface area contributed by atoms with Gasteiger partial charge < -0.3 is 19.6 Å². The lowest BCUT2D eigenvalue weighted by molar-refractivity contribution is -0.0309. The van der Waals surface area contributed by atoms with Gasteiger partial charge in [-0.25, -0.2) is 18.4 Å². The summed E-state index contributed by atoms with van der Waals surface area (Å²) in [5.41, 5.74) is 5.61. The number of anilines is 2. The maximum absolute atomic E-state index is 13.0. The SMILES string of the molecule is [C-]#[N+]c1nc(Cc2cc(Nc3ccc(C4CCCO4)cc3S(C)(=O)=O)c3nc(C)n(C4CCCCO4)c3n2)ccc1C(C)C. The minimum Gasteiger partial charge on any atom is -0.374 e. The van der Waals surface area contributed by atoms with Crippen LogP contribution in [0.15, 0.2) is 41.3 Å². The molecule has 0 amide bonds. The van der Waals surface area contributed by atoms with Crippen molar-refractivity contribution >= 4 is 38.2 Å². The van der Waals surface area contributed by atoms with Gasteiger partial charge in [0.1, 0.15) is 23.3 Å². The highest BCUT2D eigenvalue weighted by Gasteiger charge is 2.26. The Kier molecular flexibility index (Phi) is 8.42. The second-order valence-electron chi connectivity index (χ2n) is 12.0. The minimum absolute atomic E-state index is 0.104. The van der Waals surface area contributed by atoms with Gasteiger partial charge >= 0.3 is 0 Å². The zero-order chi connectivity index (χ0) is 31.0. The molecule has 44 heavy (non-hydrogen) atoms. The van der Waals surface area contributed by atoms with Crippen LogP contribution in [0.3, 0.4) is 0 Å². The third-order valence-corrected chi connectivity index (χ3v) is 9.49. The molecule has 0 saturated carbocycles. The van der Waals surface area contributed by atoms with Gasteiger partial charge in [-0.15, -0.1) is 4.98 Å². The number of aromatic nitrogens is 4. The van der Waals surface area contributed by atoms with Gasteiger partial charge in [-0.05, 0) is 80.3 Å². The summed E-state index contributed by atoms with van der Waals surface area (Å²) in [6, 6.07) is 11.3. The Bertz CT molecular complexity index is 1850. The molecule has 4 aromatic rings. The Morgan fingerprint density at radius 1 is 1.00 bits per heavy atom. The minimum atomic E-state index is -3.57. The van der Waals surface area contributed by atoms with Gasteiger partial charge in [-0.1, -0.05) is 32.6 Å². The average molecular weight is 615 g/mol. The summed E-state index contributed by atoms with van der Waals surface area (Å²) < 4.78 is 40.1.